The van der Waals surface area contributed by atoms with E-state index < -0.39 is 0 Å². The molecular weight excluding hydrogens is 446 g/mol. The zero-order valence-corrected chi connectivity index (χ0v) is 20.9. The molecule has 0 amide bonds. The van der Waals surface area contributed by atoms with Gasteiger partial charge in [-0.15, -0.1) is 0 Å². The lowest BCUT2D eigenvalue weighted by atomic mass is 9.95. The van der Waals surface area contributed by atoms with E-state index in [0.717, 1.165) is 35.6 Å². The Morgan fingerprint density at radius 1 is 1.08 bits per heavy atom. The molecule has 1 unspecified atom stereocenters. The average Bonchev–Trinajstić information content (AvgIpc) is 3.28. The van der Waals surface area contributed by atoms with E-state index in [9.17, 15) is 4.79 Å². The molecule has 1 aliphatic heterocycles. The van der Waals surface area contributed by atoms with Crippen LogP contribution in [0.25, 0.3) is 16.8 Å². The van der Waals surface area contributed by atoms with Crippen LogP contribution in [-0.4, -0.2) is 33.8 Å². The summed E-state index contributed by atoms with van der Waals surface area (Å²) in [5.41, 5.74) is 14.1. The van der Waals surface area contributed by atoms with Gasteiger partial charge in [-0.05, 0) is 53.5 Å². The summed E-state index contributed by atoms with van der Waals surface area (Å²) >= 11 is 0. The van der Waals surface area contributed by atoms with E-state index in [4.69, 9.17) is 5.73 Å². The van der Waals surface area contributed by atoms with Gasteiger partial charge in [-0.3, -0.25) is 9.36 Å². The Labute approximate surface area is 212 Å². The number of carbonyl (C=O) groups excluding carboxylic acids is 1. The highest BCUT2D eigenvalue weighted by molar-refractivity contribution is 5.97. The first-order valence-corrected chi connectivity index (χ1v) is 12.6. The minimum Gasteiger partial charge on any atom is -0.326 e. The predicted octanol–water partition coefficient (Wildman–Crippen LogP) is 4.87. The van der Waals surface area contributed by atoms with Crippen LogP contribution in [-0.2, 0) is 19.6 Å². The number of Topliss-reactive ketones (excluding diaryl/α,β-unsaturated/α-hetero) is 1. The lowest BCUT2D eigenvalue weighted by Crippen LogP contribution is -2.20. The van der Waals surface area contributed by atoms with Crippen LogP contribution >= 0.6 is 0 Å². The molecule has 3 N–H and O–H groups in total. The first-order chi connectivity index (χ1) is 17.6. The van der Waals surface area contributed by atoms with E-state index in [1.54, 1.807) is 6.33 Å². The van der Waals surface area contributed by atoms with Gasteiger partial charge >= 0.3 is 0 Å². The number of hydrogen-bond donors (Lipinski definition) is 2. The van der Waals surface area contributed by atoms with Crippen molar-refractivity contribution in [1.29, 1.82) is 0 Å². The van der Waals surface area contributed by atoms with Gasteiger partial charge in [0.25, 0.3) is 0 Å². The molecule has 0 radical (unpaired) electrons. The topological polar surface area (TPSA) is 76.2 Å². The van der Waals surface area contributed by atoms with Gasteiger partial charge < -0.3 is 16.0 Å². The molecule has 0 bridgehead atoms. The molecule has 6 nitrogen and oxygen atoms in total. The predicted molar refractivity (Wildman–Crippen MR) is 144 cm³/mol. The van der Waals surface area contributed by atoms with Gasteiger partial charge in [0.1, 0.15) is 12.0 Å². The summed E-state index contributed by atoms with van der Waals surface area (Å²) in [4.78, 5) is 20.3. The zero-order chi connectivity index (χ0) is 25.1. The number of ketones is 1. The van der Waals surface area contributed by atoms with Crippen molar-refractivity contribution in [1.82, 2.24) is 19.8 Å². The van der Waals surface area contributed by atoms with Crippen LogP contribution in [0.5, 0.6) is 0 Å². The maximum atomic E-state index is 13.4. The Balaban J connectivity index is 1.37. The number of nitrogens with one attached hydrogen (secondary N) is 1. The van der Waals surface area contributed by atoms with E-state index in [1.807, 2.05) is 28.8 Å². The number of nitrogens with zero attached hydrogens (tertiary/aromatic N) is 3. The molecule has 6 heteroatoms. The molecule has 2 heterocycles. The van der Waals surface area contributed by atoms with Crippen LogP contribution in [0.1, 0.15) is 52.3 Å². The average molecular weight is 480 g/mol. The Bertz CT molecular complexity index is 1360. The van der Waals surface area contributed by atoms with Crippen molar-refractivity contribution >= 4 is 5.78 Å². The van der Waals surface area contributed by atoms with Gasteiger partial charge in [-0.1, -0.05) is 67.6 Å². The third-order valence-corrected chi connectivity index (χ3v) is 7.06. The third kappa shape index (κ3) is 4.88. The fourth-order valence-electron chi connectivity index (χ4n) is 4.89. The van der Waals surface area contributed by atoms with E-state index in [1.165, 1.54) is 16.7 Å². The number of carbonyl (C=O) groups is 1. The van der Waals surface area contributed by atoms with Gasteiger partial charge in [-0.2, -0.15) is 0 Å². The van der Waals surface area contributed by atoms with Crippen LogP contribution < -0.4 is 11.1 Å². The lowest BCUT2D eigenvalue weighted by Gasteiger charge is -2.18. The summed E-state index contributed by atoms with van der Waals surface area (Å²) in [7, 11) is 2.14. The highest BCUT2D eigenvalue weighted by atomic mass is 16.1. The number of hydrogen-bond acceptors (Lipinski definition) is 5. The molecule has 1 atom stereocenters. The summed E-state index contributed by atoms with van der Waals surface area (Å²) in [5.74, 6) is 0.0904. The molecule has 0 spiro atoms. The van der Waals surface area contributed by atoms with Crippen molar-refractivity contribution in [2.24, 2.45) is 5.73 Å². The number of imidazole rings is 1. The minimum absolute atomic E-state index is 0.0638. The van der Waals surface area contributed by atoms with Crippen LogP contribution in [0.3, 0.4) is 0 Å². The highest BCUT2D eigenvalue weighted by Crippen LogP contribution is 2.30. The summed E-state index contributed by atoms with van der Waals surface area (Å²) < 4.78 is 1.90. The Morgan fingerprint density at radius 3 is 2.67 bits per heavy atom. The monoisotopic (exact) mass is 479 g/mol. The van der Waals surface area contributed by atoms with Gasteiger partial charge in [0.05, 0.1) is 5.69 Å². The van der Waals surface area contributed by atoms with E-state index in [0.29, 0.717) is 25.2 Å². The fourth-order valence-corrected chi connectivity index (χ4v) is 4.89. The molecule has 184 valence electrons. The fraction of sp³-hybridized carbons (Fsp3) is 0.267. The van der Waals surface area contributed by atoms with Crippen molar-refractivity contribution in [3.8, 4) is 16.8 Å². The van der Waals surface area contributed by atoms with E-state index in [-0.39, 0.29) is 11.8 Å². The van der Waals surface area contributed by atoms with Crippen molar-refractivity contribution in [3.05, 3.63) is 107 Å². The van der Waals surface area contributed by atoms with Gasteiger partial charge in [0.15, 0.2) is 5.78 Å². The normalized spacial score (nSPS) is 15.7. The number of fused-ring (bicyclic) bond motifs is 1. The summed E-state index contributed by atoms with van der Waals surface area (Å²) in [5, 5.41) is 3.55. The Kier molecular flexibility index (Phi) is 7.09. The van der Waals surface area contributed by atoms with Crippen molar-refractivity contribution < 1.29 is 4.79 Å². The number of benzene rings is 3. The Morgan fingerprint density at radius 2 is 1.89 bits per heavy atom. The maximum absolute atomic E-state index is 13.4. The van der Waals surface area contributed by atoms with Crippen molar-refractivity contribution in [2.75, 3.05) is 13.6 Å². The summed E-state index contributed by atoms with van der Waals surface area (Å²) in [6, 6.07) is 25.1. The van der Waals surface area contributed by atoms with Gasteiger partial charge in [0, 0.05) is 37.8 Å². The second-order valence-corrected chi connectivity index (χ2v) is 9.45. The molecule has 4 aromatic rings. The molecule has 0 saturated carbocycles. The maximum Gasteiger partial charge on any atom is 0.183 e. The SMILES string of the molecule is CCN(C)Cc1ccccc1-c1ccc(C2CC(=O)c3c(ncn3-c3cccc(CN)c3)CN2)cc1. The molecule has 3 aromatic carbocycles. The third-order valence-electron chi connectivity index (χ3n) is 7.06. The van der Waals surface area contributed by atoms with E-state index >= 15 is 0 Å². The van der Waals surface area contributed by atoms with E-state index in [2.05, 4.69) is 77.7 Å². The van der Waals surface area contributed by atoms with Crippen LogP contribution in [0.4, 0.5) is 0 Å². The smallest absolute Gasteiger partial charge is 0.183 e. The molecule has 5 rings (SSSR count). The van der Waals surface area contributed by atoms with Gasteiger partial charge in [-0.25, -0.2) is 4.98 Å². The molecule has 1 aliphatic rings. The standard InChI is InChI=1S/C30H33N5O/c1-3-34(2)19-24-8-4-5-10-26(24)22-11-13-23(14-12-22)27-16-29(36)30-28(18-32-27)33-20-35(30)25-9-6-7-21(15-25)17-31/h4-15,20,27,32H,3,16-19,31H2,1-2H3. The number of aromatic nitrogens is 2. The second-order valence-electron chi connectivity index (χ2n) is 9.45. The summed E-state index contributed by atoms with van der Waals surface area (Å²) in [6.07, 6.45) is 2.12. The van der Waals surface area contributed by atoms with Crippen LogP contribution in [0.2, 0.25) is 0 Å². The molecule has 0 aliphatic carbocycles. The first-order valence-electron chi connectivity index (χ1n) is 12.6. The van der Waals surface area contributed by atoms with Crippen molar-refractivity contribution in [3.63, 3.8) is 0 Å². The number of nitrogens with two attached hydrogens (primary N) is 1. The second kappa shape index (κ2) is 10.6. The lowest BCUT2D eigenvalue weighted by molar-refractivity contribution is 0.0966. The van der Waals surface area contributed by atoms with Gasteiger partial charge in [0.2, 0.25) is 0 Å². The largest absolute Gasteiger partial charge is 0.326 e. The molecule has 0 fully saturated rings. The molecule has 1 aromatic heterocycles. The zero-order valence-electron chi connectivity index (χ0n) is 20.9. The molecule has 0 saturated heterocycles. The number of rotatable bonds is 7. The summed E-state index contributed by atoms with van der Waals surface area (Å²) in [6.45, 7) is 5.09. The Hall–Kier alpha value is -3.58. The molecule has 36 heavy (non-hydrogen) atoms. The quantitative estimate of drug-likeness (QED) is 0.396. The van der Waals surface area contributed by atoms with Crippen molar-refractivity contribution in [2.45, 2.75) is 39.0 Å². The minimum atomic E-state index is -0.0638. The molecular formula is C30H33N5O. The van der Waals surface area contributed by atoms with Crippen LogP contribution in [0, 0.1) is 0 Å². The first kappa shape index (κ1) is 24.1. The van der Waals surface area contributed by atoms with Crippen LogP contribution in [0.15, 0.2) is 79.1 Å². The highest BCUT2D eigenvalue weighted by Gasteiger charge is 2.27.